The molecule has 0 N–H and O–H groups in total. The number of thiophene rings is 1. The van der Waals surface area contributed by atoms with E-state index < -0.39 is 26.9 Å². The van der Waals surface area contributed by atoms with E-state index in [1.165, 1.54) is 0 Å². The quantitative estimate of drug-likeness (QED) is 0.607. The molecule has 7 nitrogen and oxygen atoms in total. The first kappa shape index (κ1) is 15.6. The van der Waals surface area contributed by atoms with Crippen LogP contribution in [0.25, 0.3) is 0 Å². The molecule has 0 unspecified atom stereocenters. The molecule has 0 saturated heterocycles. The zero-order valence-corrected chi connectivity index (χ0v) is 12.1. The highest BCUT2D eigenvalue weighted by molar-refractivity contribution is 7.90. The lowest BCUT2D eigenvalue weighted by Crippen LogP contribution is -2.08. The molecule has 0 spiro atoms. The Labute approximate surface area is 117 Å². The number of rotatable bonds is 4. The molecule has 0 radical (unpaired) electrons. The van der Waals surface area contributed by atoms with Gasteiger partial charge in [0.2, 0.25) is 0 Å². The van der Waals surface area contributed by atoms with Crippen LogP contribution in [0.2, 0.25) is 4.34 Å². The van der Waals surface area contributed by atoms with Crippen LogP contribution in [0.1, 0.15) is 9.67 Å². The summed E-state index contributed by atoms with van der Waals surface area (Å²) < 4.78 is 35.5. The van der Waals surface area contributed by atoms with Crippen LogP contribution in [0, 0.1) is 0 Å². The number of hydrogen-bond acceptors (Lipinski definition) is 7. The summed E-state index contributed by atoms with van der Waals surface area (Å²) in [5, 5.41) is 0. The maximum absolute atomic E-state index is 11.8. The first-order chi connectivity index (χ1) is 8.81. The fourth-order valence-electron chi connectivity index (χ4n) is 0.994. The van der Waals surface area contributed by atoms with Gasteiger partial charge in [0, 0.05) is 0 Å². The van der Waals surface area contributed by atoms with Gasteiger partial charge in [-0.05, 0) is 6.07 Å². The minimum absolute atomic E-state index is 0.0762. The lowest BCUT2D eigenvalue weighted by atomic mass is 10.5. The Bertz CT molecular complexity index is 633. The monoisotopic (exact) mass is 325 g/mol. The van der Waals surface area contributed by atoms with Crippen molar-refractivity contribution in [3.05, 3.63) is 15.3 Å². The number of carbonyl (C=O) groups is 2. The van der Waals surface area contributed by atoms with Crippen molar-refractivity contribution in [3.63, 3.8) is 0 Å². The molecule has 0 aromatic carbocycles. The Morgan fingerprint density at radius 2 is 2.00 bits per heavy atom. The molecule has 0 aliphatic heterocycles. The van der Waals surface area contributed by atoms with Crippen LogP contribution in [0.4, 0.5) is 0 Å². The van der Waals surface area contributed by atoms with Crippen molar-refractivity contribution in [1.29, 1.82) is 0 Å². The molecule has 10 heteroatoms. The van der Waals surface area contributed by atoms with Gasteiger partial charge in [-0.25, -0.2) is 9.59 Å². The fraction of sp³-hybridized carbons (Fsp3) is 0.222. The van der Waals surface area contributed by atoms with Crippen molar-refractivity contribution in [2.75, 3.05) is 14.2 Å². The number of methoxy groups -OCH3 is 2. The van der Waals surface area contributed by atoms with E-state index in [0.29, 0.717) is 6.21 Å². The van der Waals surface area contributed by atoms with Gasteiger partial charge in [-0.1, -0.05) is 11.6 Å². The Morgan fingerprint density at radius 3 is 2.53 bits per heavy atom. The molecule has 0 bridgehead atoms. The van der Waals surface area contributed by atoms with Gasteiger partial charge in [0.15, 0.2) is 0 Å². The molecule has 0 atom stereocenters. The van der Waals surface area contributed by atoms with Gasteiger partial charge in [-0.15, -0.1) is 11.3 Å². The Hall–Kier alpha value is -1.45. The molecule has 0 amide bonds. The zero-order chi connectivity index (χ0) is 14.6. The summed E-state index contributed by atoms with van der Waals surface area (Å²) >= 11 is 6.40. The molecule has 0 saturated carbocycles. The maximum Gasteiger partial charge on any atom is 0.350 e. The molecule has 0 aliphatic rings. The molecule has 104 valence electrons. The van der Waals surface area contributed by atoms with Crippen molar-refractivity contribution in [1.82, 2.24) is 0 Å². The van der Waals surface area contributed by atoms with Crippen LogP contribution in [-0.4, -0.2) is 40.8 Å². The molecule has 1 aromatic rings. The highest BCUT2D eigenvalue weighted by Crippen LogP contribution is 2.31. The number of carbonyl (C=O) groups excluding carboxylic acids is 2. The smallest absolute Gasteiger partial charge is 0.350 e. The van der Waals surface area contributed by atoms with Crippen LogP contribution < -0.4 is 0 Å². The largest absolute Gasteiger partial charge is 0.465 e. The van der Waals surface area contributed by atoms with Crippen LogP contribution in [0.5, 0.6) is 0 Å². The molecular formula is C9H8ClNO6S2. The van der Waals surface area contributed by atoms with Gasteiger partial charge in [0.1, 0.15) is 16.0 Å². The van der Waals surface area contributed by atoms with E-state index in [1.807, 2.05) is 0 Å². The molecule has 0 fully saturated rings. The average molecular weight is 326 g/mol. The molecular weight excluding hydrogens is 318 g/mol. The lowest BCUT2D eigenvalue weighted by Gasteiger charge is -1.99. The second-order valence-electron chi connectivity index (χ2n) is 2.97. The summed E-state index contributed by atoms with van der Waals surface area (Å²) in [4.78, 5) is 21.6. The number of halogens is 1. The van der Waals surface area contributed by atoms with Gasteiger partial charge < -0.3 is 9.47 Å². The SMILES string of the molecule is COC(=O)C=NS(=O)(=O)c1cc(Cl)sc1C(=O)OC. The van der Waals surface area contributed by atoms with Gasteiger partial charge in [-0.3, -0.25) is 0 Å². The number of esters is 2. The maximum atomic E-state index is 11.8. The topological polar surface area (TPSA) is 99.1 Å². The summed E-state index contributed by atoms with van der Waals surface area (Å²) in [5.41, 5.74) is 0. The van der Waals surface area contributed by atoms with Crippen molar-refractivity contribution in [2.24, 2.45) is 4.40 Å². The van der Waals surface area contributed by atoms with E-state index in [-0.39, 0.29) is 9.21 Å². The van der Waals surface area contributed by atoms with Gasteiger partial charge in [-0.2, -0.15) is 12.8 Å². The van der Waals surface area contributed by atoms with Crippen LogP contribution >= 0.6 is 22.9 Å². The van der Waals surface area contributed by atoms with Crippen molar-refractivity contribution < 1.29 is 27.5 Å². The van der Waals surface area contributed by atoms with Crippen molar-refractivity contribution in [3.8, 4) is 0 Å². The van der Waals surface area contributed by atoms with Crippen LogP contribution in [0.3, 0.4) is 0 Å². The average Bonchev–Trinajstić information content (AvgIpc) is 2.78. The zero-order valence-electron chi connectivity index (χ0n) is 9.75. The molecule has 0 aliphatic carbocycles. The summed E-state index contributed by atoms with van der Waals surface area (Å²) in [7, 11) is -2.06. The minimum Gasteiger partial charge on any atom is -0.465 e. The Balaban J connectivity index is 3.26. The second kappa shape index (κ2) is 6.13. The predicted molar refractivity (Wildman–Crippen MR) is 68.4 cm³/mol. The fourth-order valence-corrected chi connectivity index (χ4v) is 3.54. The molecule has 19 heavy (non-hydrogen) atoms. The van der Waals surface area contributed by atoms with Gasteiger partial charge in [0.05, 0.1) is 18.6 Å². The third kappa shape index (κ3) is 3.75. The summed E-state index contributed by atoms with van der Waals surface area (Å²) in [6.07, 6.45) is 0.488. The van der Waals surface area contributed by atoms with E-state index in [4.69, 9.17) is 11.6 Å². The van der Waals surface area contributed by atoms with E-state index in [2.05, 4.69) is 13.9 Å². The highest BCUT2D eigenvalue weighted by Gasteiger charge is 2.26. The summed E-state index contributed by atoms with van der Waals surface area (Å²) in [6, 6.07) is 1.06. The van der Waals surface area contributed by atoms with Crippen molar-refractivity contribution in [2.45, 2.75) is 4.90 Å². The third-order valence-corrected chi connectivity index (χ3v) is 4.45. The summed E-state index contributed by atoms with van der Waals surface area (Å²) in [5.74, 6) is -1.80. The van der Waals surface area contributed by atoms with Crippen molar-refractivity contribution >= 4 is 51.1 Å². The van der Waals surface area contributed by atoms with Gasteiger partial charge in [0.25, 0.3) is 10.0 Å². The Morgan fingerprint density at radius 1 is 1.37 bits per heavy atom. The van der Waals surface area contributed by atoms with E-state index in [1.54, 1.807) is 0 Å². The van der Waals surface area contributed by atoms with Gasteiger partial charge >= 0.3 is 11.9 Å². The first-order valence-electron chi connectivity index (χ1n) is 4.57. The number of sulfonamides is 1. The molecule has 1 rings (SSSR count). The Kier molecular flexibility index (Phi) is 5.04. The number of nitrogens with zero attached hydrogens (tertiary/aromatic N) is 1. The van der Waals surface area contributed by atoms with E-state index in [0.717, 1.165) is 31.6 Å². The predicted octanol–water partition coefficient (Wildman–Crippen LogP) is 1.12. The van der Waals surface area contributed by atoms with Crippen LogP contribution in [0.15, 0.2) is 15.4 Å². The first-order valence-corrected chi connectivity index (χ1v) is 7.21. The third-order valence-electron chi connectivity index (χ3n) is 1.81. The minimum atomic E-state index is -4.24. The van der Waals surface area contributed by atoms with E-state index >= 15 is 0 Å². The second-order valence-corrected chi connectivity index (χ2v) is 6.25. The summed E-state index contributed by atoms with van der Waals surface area (Å²) in [6.45, 7) is 0. The number of hydrogen-bond donors (Lipinski definition) is 0. The molecule has 1 aromatic heterocycles. The normalized spacial score (nSPS) is 11.5. The standard InChI is InChI=1S/C9H8ClNO6S2/c1-16-7(12)4-11-19(14,15)5-3-6(10)18-8(5)9(13)17-2/h3-4H,1-2H3. The van der Waals surface area contributed by atoms with Crippen LogP contribution in [-0.2, 0) is 24.3 Å². The lowest BCUT2D eigenvalue weighted by molar-refractivity contribution is -0.132. The van der Waals surface area contributed by atoms with E-state index in [9.17, 15) is 18.0 Å². The molecule has 1 heterocycles. The highest BCUT2D eigenvalue weighted by atomic mass is 35.5. The number of ether oxygens (including phenoxy) is 2.